The molecule has 7 rings (SSSR count). The lowest BCUT2D eigenvalue weighted by Gasteiger charge is -2.35. The number of piperazine rings is 1. The van der Waals surface area contributed by atoms with E-state index >= 15 is 0 Å². The van der Waals surface area contributed by atoms with Crippen molar-refractivity contribution in [2.75, 3.05) is 40.4 Å². The second-order valence-electron chi connectivity index (χ2n) is 11.2. The predicted molar refractivity (Wildman–Crippen MR) is 179 cm³/mol. The summed E-state index contributed by atoms with van der Waals surface area (Å²) in [7, 11) is 3.26. The second kappa shape index (κ2) is 12.3. The molecule has 1 fully saturated rings. The standard InChI is InChI=1S/C38H32N4O4/c1-45-27-11-7-9-25(21-27)35-23-31(29-13-3-5-15-33(29)39-35)37(43)41-17-19-42(20-18-41)38(44)32-24-36(26-10-8-12-28(22-26)46-2)40-34-16-6-4-14-30(32)34/h3-16,21-24H,17-20H2,1-2H3. The zero-order valence-electron chi connectivity index (χ0n) is 25.6. The summed E-state index contributed by atoms with van der Waals surface area (Å²) < 4.78 is 10.8. The Labute approximate surface area is 266 Å². The number of rotatable bonds is 6. The van der Waals surface area contributed by atoms with Crippen molar-refractivity contribution in [3.8, 4) is 34.0 Å². The molecule has 8 heteroatoms. The highest BCUT2D eigenvalue weighted by molar-refractivity contribution is 6.08. The Morgan fingerprint density at radius 3 is 1.37 bits per heavy atom. The number of hydrogen-bond donors (Lipinski definition) is 0. The fourth-order valence-electron chi connectivity index (χ4n) is 6.02. The van der Waals surface area contributed by atoms with Crippen molar-refractivity contribution in [1.82, 2.24) is 19.8 Å². The summed E-state index contributed by atoms with van der Waals surface area (Å²) in [5, 5.41) is 1.59. The molecule has 0 bridgehead atoms. The van der Waals surface area contributed by atoms with Gasteiger partial charge in [-0.25, -0.2) is 9.97 Å². The summed E-state index contributed by atoms with van der Waals surface area (Å²) >= 11 is 0. The summed E-state index contributed by atoms with van der Waals surface area (Å²) in [4.78, 5) is 41.4. The molecule has 0 unspecified atom stereocenters. The summed E-state index contributed by atoms with van der Waals surface area (Å²) in [5.74, 6) is 1.28. The summed E-state index contributed by atoms with van der Waals surface area (Å²) in [6.45, 7) is 1.67. The average Bonchev–Trinajstić information content (AvgIpc) is 3.13. The highest BCUT2D eigenvalue weighted by atomic mass is 16.5. The minimum absolute atomic E-state index is 0.0792. The molecule has 0 saturated carbocycles. The number of fused-ring (bicyclic) bond motifs is 2. The maximum atomic E-state index is 14.0. The van der Waals surface area contributed by atoms with Crippen LogP contribution in [0.2, 0.25) is 0 Å². The van der Waals surface area contributed by atoms with Gasteiger partial charge in [-0.3, -0.25) is 9.59 Å². The Hall–Kier alpha value is -5.76. The van der Waals surface area contributed by atoms with Crippen LogP contribution in [-0.4, -0.2) is 72.0 Å². The number of pyridine rings is 2. The van der Waals surface area contributed by atoms with Gasteiger partial charge in [0, 0.05) is 48.1 Å². The molecule has 0 radical (unpaired) electrons. The van der Waals surface area contributed by atoms with E-state index in [2.05, 4.69) is 0 Å². The lowest BCUT2D eigenvalue weighted by Crippen LogP contribution is -2.50. The van der Waals surface area contributed by atoms with Gasteiger partial charge in [0.15, 0.2) is 0 Å². The van der Waals surface area contributed by atoms with E-state index in [-0.39, 0.29) is 11.8 Å². The number of amides is 2. The quantitative estimate of drug-likeness (QED) is 0.208. The van der Waals surface area contributed by atoms with Gasteiger partial charge in [-0.05, 0) is 48.5 Å². The van der Waals surface area contributed by atoms with Gasteiger partial charge in [-0.15, -0.1) is 0 Å². The first kappa shape index (κ1) is 29.0. The third kappa shape index (κ3) is 5.49. The molecule has 2 aromatic heterocycles. The Balaban J connectivity index is 1.15. The van der Waals surface area contributed by atoms with Crippen LogP contribution in [0.25, 0.3) is 44.3 Å². The minimum Gasteiger partial charge on any atom is -0.497 e. The minimum atomic E-state index is -0.0792. The molecule has 0 atom stereocenters. The molecule has 0 N–H and O–H groups in total. The largest absolute Gasteiger partial charge is 0.497 e. The second-order valence-corrected chi connectivity index (χ2v) is 11.2. The molecule has 4 aromatic carbocycles. The molecule has 46 heavy (non-hydrogen) atoms. The van der Waals surface area contributed by atoms with Crippen molar-refractivity contribution in [2.45, 2.75) is 0 Å². The maximum absolute atomic E-state index is 14.0. The van der Waals surface area contributed by atoms with Crippen LogP contribution >= 0.6 is 0 Å². The molecule has 0 aliphatic carbocycles. The number of carbonyl (C=O) groups is 2. The fraction of sp³-hybridized carbons (Fsp3) is 0.158. The van der Waals surface area contributed by atoms with Gasteiger partial charge in [0.25, 0.3) is 11.8 Å². The third-order valence-electron chi connectivity index (χ3n) is 8.48. The highest BCUT2D eigenvalue weighted by Gasteiger charge is 2.28. The van der Waals surface area contributed by atoms with Crippen LogP contribution in [-0.2, 0) is 0 Å². The van der Waals surface area contributed by atoms with Crippen molar-refractivity contribution in [3.05, 3.63) is 120 Å². The van der Waals surface area contributed by atoms with Crippen LogP contribution in [0, 0.1) is 0 Å². The number of benzene rings is 4. The summed E-state index contributed by atoms with van der Waals surface area (Å²) in [6, 6.07) is 34.4. The number of aromatic nitrogens is 2. The molecule has 8 nitrogen and oxygen atoms in total. The molecule has 1 saturated heterocycles. The molecule has 0 spiro atoms. The molecule has 2 amide bonds. The van der Waals surface area contributed by atoms with Gasteiger partial charge in [0.1, 0.15) is 11.5 Å². The van der Waals surface area contributed by atoms with E-state index in [0.29, 0.717) is 48.7 Å². The Morgan fingerprint density at radius 1 is 0.543 bits per heavy atom. The molecule has 228 valence electrons. The van der Waals surface area contributed by atoms with Gasteiger partial charge < -0.3 is 19.3 Å². The zero-order chi connectivity index (χ0) is 31.6. The SMILES string of the molecule is COc1cccc(-c2cc(C(=O)N3CCN(C(=O)c4cc(-c5cccc(OC)c5)nc5ccccc45)CC3)c3ccccc3n2)c1. The van der Waals surface area contributed by atoms with Gasteiger partial charge in [0.2, 0.25) is 0 Å². The van der Waals surface area contributed by atoms with E-state index in [4.69, 9.17) is 19.4 Å². The number of ether oxygens (including phenoxy) is 2. The highest BCUT2D eigenvalue weighted by Crippen LogP contribution is 2.30. The van der Waals surface area contributed by atoms with Gasteiger partial charge >= 0.3 is 0 Å². The van der Waals surface area contributed by atoms with Gasteiger partial charge in [-0.2, -0.15) is 0 Å². The number of nitrogens with zero attached hydrogens (tertiary/aromatic N) is 4. The summed E-state index contributed by atoms with van der Waals surface area (Å²) in [6.07, 6.45) is 0. The van der Waals surface area contributed by atoms with Crippen molar-refractivity contribution < 1.29 is 19.1 Å². The van der Waals surface area contributed by atoms with Crippen molar-refractivity contribution in [1.29, 1.82) is 0 Å². The Morgan fingerprint density at radius 2 is 0.957 bits per heavy atom. The Bertz CT molecular complexity index is 1950. The first-order valence-corrected chi connectivity index (χ1v) is 15.2. The predicted octanol–water partition coefficient (Wildman–Crippen LogP) is 6.73. The summed E-state index contributed by atoms with van der Waals surface area (Å²) in [5.41, 5.74) is 5.81. The average molecular weight is 609 g/mol. The van der Waals surface area contributed by atoms with E-state index < -0.39 is 0 Å². The fourth-order valence-corrected chi connectivity index (χ4v) is 6.02. The number of hydrogen-bond acceptors (Lipinski definition) is 6. The lowest BCUT2D eigenvalue weighted by atomic mass is 10.0. The van der Waals surface area contributed by atoms with Crippen LogP contribution in [0.1, 0.15) is 20.7 Å². The van der Waals surface area contributed by atoms with Crippen molar-refractivity contribution >= 4 is 33.6 Å². The van der Waals surface area contributed by atoms with E-state index in [1.54, 1.807) is 14.2 Å². The van der Waals surface area contributed by atoms with Crippen molar-refractivity contribution in [2.24, 2.45) is 0 Å². The molecule has 1 aliphatic rings. The monoisotopic (exact) mass is 608 g/mol. The number of para-hydroxylation sites is 2. The van der Waals surface area contributed by atoms with Gasteiger partial charge in [0.05, 0.1) is 47.8 Å². The third-order valence-corrected chi connectivity index (χ3v) is 8.48. The van der Waals surface area contributed by atoms with Crippen LogP contribution in [0.15, 0.2) is 109 Å². The number of carbonyl (C=O) groups excluding carboxylic acids is 2. The molecular weight excluding hydrogens is 576 g/mol. The molecule has 1 aliphatic heterocycles. The van der Waals surface area contributed by atoms with E-state index in [0.717, 1.165) is 44.4 Å². The van der Waals surface area contributed by atoms with Crippen molar-refractivity contribution in [3.63, 3.8) is 0 Å². The first-order chi connectivity index (χ1) is 22.5. The Kier molecular flexibility index (Phi) is 7.76. The van der Waals surface area contributed by atoms with Crippen LogP contribution in [0.3, 0.4) is 0 Å². The normalized spacial score (nSPS) is 13.2. The van der Waals surface area contributed by atoms with Crippen LogP contribution in [0.4, 0.5) is 0 Å². The van der Waals surface area contributed by atoms with E-state index in [1.807, 2.05) is 119 Å². The topological polar surface area (TPSA) is 84.9 Å². The van der Waals surface area contributed by atoms with E-state index in [9.17, 15) is 9.59 Å². The number of methoxy groups -OCH3 is 2. The smallest absolute Gasteiger partial charge is 0.254 e. The van der Waals surface area contributed by atoms with E-state index in [1.165, 1.54) is 0 Å². The zero-order valence-corrected chi connectivity index (χ0v) is 25.6. The lowest BCUT2D eigenvalue weighted by molar-refractivity contribution is 0.0537. The first-order valence-electron chi connectivity index (χ1n) is 15.2. The van der Waals surface area contributed by atoms with Crippen LogP contribution in [0.5, 0.6) is 11.5 Å². The molecular formula is C38H32N4O4. The van der Waals surface area contributed by atoms with Crippen LogP contribution < -0.4 is 9.47 Å². The maximum Gasteiger partial charge on any atom is 0.254 e. The molecule has 6 aromatic rings. The van der Waals surface area contributed by atoms with Gasteiger partial charge in [-0.1, -0.05) is 60.7 Å². The molecule has 3 heterocycles.